The van der Waals surface area contributed by atoms with Gasteiger partial charge in [0.1, 0.15) is 5.01 Å². The first-order valence-corrected chi connectivity index (χ1v) is 9.16. The zero-order valence-corrected chi connectivity index (χ0v) is 14.0. The van der Waals surface area contributed by atoms with Crippen molar-refractivity contribution in [3.05, 3.63) is 46.7 Å². The van der Waals surface area contributed by atoms with Gasteiger partial charge in [0.05, 0.1) is 0 Å². The molecular formula is C17H21N5S. The zero-order valence-electron chi connectivity index (χ0n) is 13.2. The van der Waals surface area contributed by atoms with Gasteiger partial charge in [-0.1, -0.05) is 48.1 Å². The van der Waals surface area contributed by atoms with E-state index in [0.717, 1.165) is 35.2 Å². The van der Waals surface area contributed by atoms with Crippen LogP contribution in [0.3, 0.4) is 0 Å². The minimum Gasteiger partial charge on any atom is -0.303 e. The molecule has 1 aromatic carbocycles. The van der Waals surface area contributed by atoms with Gasteiger partial charge in [0.25, 0.3) is 0 Å². The van der Waals surface area contributed by atoms with Crippen LogP contribution in [0.2, 0.25) is 0 Å². The third kappa shape index (κ3) is 3.43. The SMILES string of the molecule is c1ccc(Cc2nn3c(CCN4CCCCC4)nnc3s2)cc1. The van der Waals surface area contributed by atoms with E-state index < -0.39 is 0 Å². The van der Waals surface area contributed by atoms with E-state index >= 15 is 0 Å². The highest BCUT2D eigenvalue weighted by atomic mass is 32.1. The average molecular weight is 327 g/mol. The Morgan fingerprint density at radius 1 is 1.00 bits per heavy atom. The molecule has 0 spiro atoms. The first-order valence-electron chi connectivity index (χ1n) is 8.35. The molecule has 0 N–H and O–H groups in total. The molecule has 3 heterocycles. The number of piperidine rings is 1. The van der Waals surface area contributed by atoms with Crippen LogP contribution in [-0.2, 0) is 12.8 Å². The standard InChI is InChI=1S/C17H21N5S/c1-3-7-14(8-4-1)13-16-20-22-15(18-19-17(22)23-16)9-12-21-10-5-2-6-11-21/h1,3-4,7-8H,2,5-6,9-13H2. The monoisotopic (exact) mass is 327 g/mol. The lowest BCUT2D eigenvalue weighted by molar-refractivity contribution is 0.230. The van der Waals surface area contributed by atoms with E-state index in [-0.39, 0.29) is 0 Å². The second kappa shape index (κ2) is 6.76. The van der Waals surface area contributed by atoms with E-state index in [4.69, 9.17) is 5.10 Å². The van der Waals surface area contributed by atoms with Gasteiger partial charge < -0.3 is 4.90 Å². The number of aromatic nitrogens is 4. The van der Waals surface area contributed by atoms with Crippen LogP contribution in [0.5, 0.6) is 0 Å². The third-order valence-corrected chi connectivity index (χ3v) is 5.29. The van der Waals surface area contributed by atoms with E-state index in [1.807, 2.05) is 10.6 Å². The second-order valence-corrected chi connectivity index (χ2v) is 7.16. The Balaban J connectivity index is 1.46. The number of benzene rings is 1. The number of hydrogen-bond donors (Lipinski definition) is 0. The summed E-state index contributed by atoms with van der Waals surface area (Å²) in [5, 5.41) is 14.4. The van der Waals surface area contributed by atoms with Crippen LogP contribution < -0.4 is 0 Å². The molecule has 0 saturated carbocycles. The molecule has 0 radical (unpaired) electrons. The van der Waals surface area contributed by atoms with Gasteiger partial charge >= 0.3 is 0 Å². The van der Waals surface area contributed by atoms with Crippen LogP contribution >= 0.6 is 11.3 Å². The van der Waals surface area contributed by atoms with Crippen LogP contribution in [-0.4, -0.2) is 44.3 Å². The summed E-state index contributed by atoms with van der Waals surface area (Å²) in [5.41, 5.74) is 1.28. The van der Waals surface area contributed by atoms with Gasteiger partial charge in [-0.05, 0) is 31.5 Å². The normalized spacial score (nSPS) is 16.2. The minimum absolute atomic E-state index is 0.862. The van der Waals surface area contributed by atoms with Gasteiger partial charge in [0.15, 0.2) is 5.82 Å². The molecular weight excluding hydrogens is 306 g/mol. The molecule has 23 heavy (non-hydrogen) atoms. The number of hydrogen-bond acceptors (Lipinski definition) is 5. The first kappa shape index (κ1) is 14.8. The number of fused-ring (bicyclic) bond motifs is 1. The molecule has 1 fully saturated rings. The highest BCUT2D eigenvalue weighted by Crippen LogP contribution is 2.18. The fourth-order valence-corrected chi connectivity index (χ4v) is 4.02. The van der Waals surface area contributed by atoms with Gasteiger partial charge in [-0.3, -0.25) is 0 Å². The van der Waals surface area contributed by atoms with Gasteiger partial charge in [0, 0.05) is 19.4 Å². The summed E-state index contributed by atoms with van der Waals surface area (Å²) in [4.78, 5) is 3.44. The summed E-state index contributed by atoms with van der Waals surface area (Å²) in [6.07, 6.45) is 5.82. The van der Waals surface area contributed by atoms with Crippen molar-refractivity contribution in [2.45, 2.75) is 32.1 Å². The van der Waals surface area contributed by atoms with Gasteiger partial charge in [0.2, 0.25) is 4.96 Å². The predicted octanol–water partition coefficient (Wildman–Crippen LogP) is 2.81. The minimum atomic E-state index is 0.862. The van der Waals surface area contributed by atoms with Crippen LogP contribution in [0.25, 0.3) is 4.96 Å². The fourth-order valence-electron chi connectivity index (χ4n) is 3.14. The van der Waals surface area contributed by atoms with Crippen molar-refractivity contribution >= 4 is 16.3 Å². The molecule has 0 amide bonds. The summed E-state index contributed by atoms with van der Waals surface area (Å²) in [6, 6.07) is 10.5. The molecule has 1 saturated heterocycles. The summed E-state index contributed by atoms with van der Waals surface area (Å²) >= 11 is 1.64. The Hall–Kier alpha value is -1.79. The molecule has 0 aliphatic carbocycles. The molecule has 1 aliphatic heterocycles. The Morgan fingerprint density at radius 3 is 2.65 bits per heavy atom. The van der Waals surface area contributed by atoms with Crippen LogP contribution in [0.15, 0.2) is 30.3 Å². The van der Waals surface area contributed by atoms with Gasteiger partial charge in [-0.2, -0.15) is 9.61 Å². The Kier molecular flexibility index (Phi) is 4.35. The van der Waals surface area contributed by atoms with Crippen molar-refractivity contribution < 1.29 is 0 Å². The maximum Gasteiger partial charge on any atom is 0.234 e. The maximum absolute atomic E-state index is 4.72. The van der Waals surface area contributed by atoms with Gasteiger partial charge in [-0.15, -0.1) is 10.2 Å². The lowest BCUT2D eigenvalue weighted by Gasteiger charge is -2.25. The van der Waals surface area contributed by atoms with Crippen LogP contribution in [0.4, 0.5) is 0 Å². The summed E-state index contributed by atoms with van der Waals surface area (Å²) < 4.78 is 1.94. The van der Waals surface area contributed by atoms with Crippen LogP contribution in [0.1, 0.15) is 35.7 Å². The molecule has 5 nitrogen and oxygen atoms in total. The second-order valence-electron chi connectivity index (χ2n) is 6.12. The molecule has 6 heteroatoms. The largest absolute Gasteiger partial charge is 0.303 e. The lowest BCUT2D eigenvalue weighted by atomic mass is 10.1. The summed E-state index contributed by atoms with van der Waals surface area (Å²) in [7, 11) is 0. The maximum atomic E-state index is 4.72. The van der Waals surface area contributed by atoms with E-state index in [0.29, 0.717) is 0 Å². The molecule has 0 unspecified atom stereocenters. The van der Waals surface area contributed by atoms with Crippen molar-refractivity contribution in [1.29, 1.82) is 0 Å². The highest BCUT2D eigenvalue weighted by Gasteiger charge is 2.15. The topological polar surface area (TPSA) is 46.3 Å². The van der Waals surface area contributed by atoms with Crippen molar-refractivity contribution in [2.75, 3.05) is 19.6 Å². The Bertz CT molecular complexity index is 758. The smallest absolute Gasteiger partial charge is 0.234 e. The molecule has 2 aromatic heterocycles. The Labute approximate surface area is 140 Å². The predicted molar refractivity (Wildman–Crippen MR) is 91.9 cm³/mol. The summed E-state index contributed by atoms with van der Waals surface area (Å²) in [5.74, 6) is 0.987. The first-order chi connectivity index (χ1) is 11.4. The van der Waals surface area contributed by atoms with Crippen molar-refractivity contribution in [3.8, 4) is 0 Å². The van der Waals surface area contributed by atoms with E-state index in [1.165, 1.54) is 37.9 Å². The quantitative estimate of drug-likeness (QED) is 0.723. The molecule has 1 aliphatic rings. The Morgan fingerprint density at radius 2 is 1.83 bits per heavy atom. The van der Waals surface area contributed by atoms with E-state index in [2.05, 4.69) is 39.4 Å². The fraction of sp³-hybridized carbons (Fsp3) is 0.471. The van der Waals surface area contributed by atoms with Crippen molar-refractivity contribution in [3.63, 3.8) is 0 Å². The van der Waals surface area contributed by atoms with E-state index in [1.54, 1.807) is 11.3 Å². The number of nitrogens with zero attached hydrogens (tertiary/aromatic N) is 5. The van der Waals surface area contributed by atoms with E-state index in [9.17, 15) is 0 Å². The molecule has 3 aromatic rings. The molecule has 120 valence electrons. The van der Waals surface area contributed by atoms with Crippen LogP contribution in [0, 0.1) is 0 Å². The summed E-state index contributed by atoms with van der Waals surface area (Å²) in [6.45, 7) is 3.50. The van der Waals surface area contributed by atoms with Crippen molar-refractivity contribution in [1.82, 2.24) is 24.7 Å². The molecule has 0 bridgehead atoms. The number of likely N-dealkylation sites (tertiary alicyclic amines) is 1. The number of rotatable bonds is 5. The molecule has 4 rings (SSSR count). The molecule has 0 atom stereocenters. The lowest BCUT2D eigenvalue weighted by Crippen LogP contribution is -2.31. The highest BCUT2D eigenvalue weighted by molar-refractivity contribution is 7.16. The van der Waals surface area contributed by atoms with Crippen molar-refractivity contribution in [2.24, 2.45) is 0 Å². The van der Waals surface area contributed by atoms with Gasteiger partial charge in [-0.25, -0.2) is 0 Å². The third-order valence-electron chi connectivity index (χ3n) is 4.40. The average Bonchev–Trinajstić information content (AvgIpc) is 3.15. The zero-order chi connectivity index (χ0) is 15.5.